The van der Waals surface area contributed by atoms with Gasteiger partial charge >= 0.3 is 5.97 Å². The van der Waals surface area contributed by atoms with Gasteiger partial charge in [-0.15, -0.1) is 0 Å². The monoisotopic (exact) mass is 433 g/mol. The number of hydrogen-bond acceptors (Lipinski definition) is 7. The van der Waals surface area contributed by atoms with Crippen molar-refractivity contribution in [2.45, 2.75) is 32.7 Å². The average molecular weight is 433 g/mol. The quantitative estimate of drug-likeness (QED) is 0.238. The molecule has 7 nitrogen and oxygen atoms in total. The van der Waals surface area contributed by atoms with Crippen LogP contribution < -0.4 is 14.8 Å². The Bertz CT molecular complexity index is 859. The number of ketones is 1. The lowest BCUT2D eigenvalue weighted by atomic mass is 9.96. The van der Waals surface area contributed by atoms with Gasteiger partial charge in [-0.2, -0.15) is 4.89 Å². The van der Waals surface area contributed by atoms with Crippen LogP contribution in [0.25, 0.3) is 0 Å². The SMILES string of the molecule is COc1cc(C(=O)C(CCc2ccc(F)cc2)NCCOOC(C)=O)cc(OC)c1C. The topological polar surface area (TPSA) is 83.1 Å². The van der Waals surface area contributed by atoms with Crippen molar-refractivity contribution in [3.8, 4) is 11.5 Å². The number of methoxy groups -OCH3 is 2. The highest BCUT2D eigenvalue weighted by molar-refractivity contribution is 6.01. The van der Waals surface area contributed by atoms with Crippen molar-refractivity contribution in [2.75, 3.05) is 27.4 Å². The third kappa shape index (κ3) is 7.34. The van der Waals surface area contributed by atoms with E-state index in [1.54, 1.807) is 24.3 Å². The van der Waals surface area contributed by atoms with Crippen molar-refractivity contribution in [2.24, 2.45) is 0 Å². The molecule has 0 amide bonds. The number of Topliss-reactive ketones (excluding diaryl/α,β-unsaturated/α-hetero) is 1. The fraction of sp³-hybridized carbons (Fsp3) is 0.391. The molecular formula is C23H28FNO6. The largest absolute Gasteiger partial charge is 0.496 e. The first-order valence-corrected chi connectivity index (χ1v) is 9.90. The average Bonchev–Trinajstić information content (AvgIpc) is 2.76. The van der Waals surface area contributed by atoms with Crippen molar-refractivity contribution < 1.29 is 33.2 Å². The second kappa shape index (κ2) is 12.0. The van der Waals surface area contributed by atoms with Crippen LogP contribution in [0.15, 0.2) is 36.4 Å². The molecule has 0 aliphatic carbocycles. The van der Waals surface area contributed by atoms with E-state index in [1.165, 1.54) is 33.3 Å². The number of halogens is 1. The van der Waals surface area contributed by atoms with Gasteiger partial charge in [0, 0.05) is 24.6 Å². The summed E-state index contributed by atoms with van der Waals surface area (Å²) in [6.45, 7) is 3.46. The summed E-state index contributed by atoms with van der Waals surface area (Å²) >= 11 is 0. The molecule has 0 aliphatic heterocycles. The summed E-state index contributed by atoms with van der Waals surface area (Å²) in [7, 11) is 3.07. The summed E-state index contributed by atoms with van der Waals surface area (Å²) in [5.41, 5.74) is 2.15. The molecule has 0 spiro atoms. The number of carbonyl (C=O) groups is 2. The number of benzene rings is 2. The van der Waals surface area contributed by atoms with Crippen LogP contribution in [0.1, 0.15) is 34.8 Å². The summed E-state index contributed by atoms with van der Waals surface area (Å²) in [4.78, 5) is 33.3. The molecular weight excluding hydrogens is 405 g/mol. The summed E-state index contributed by atoms with van der Waals surface area (Å²) in [6, 6.07) is 8.98. The van der Waals surface area contributed by atoms with Gasteiger partial charge < -0.3 is 14.8 Å². The van der Waals surface area contributed by atoms with Crippen LogP contribution in [0.3, 0.4) is 0 Å². The van der Waals surface area contributed by atoms with Gasteiger partial charge in [0.05, 0.1) is 20.3 Å². The van der Waals surface area contributed by atoms with E-state index in [2.05, 4.69) is 10.2 Å². The fourth-order valence-electron chi connectivity index (χ4n) is 3.12. The Hall–Kier alpha value is -2.97. The van der Waals surface area contributed by atoms with Crippen LogP contribution in [0, 0.1) is 12.7 Å². The van der Waals surface area contributed by atoms with Gasteiger partial charge in [-0.25, -0.2) is 9.18 Å². The van der Waals surface area contributed by atoms with E-state index in [0.717, 1.165) is 11.1 Å². The Morgan fingerprint density at radius 2 is 1.68 bits per heavy atom. The summed E-state index contributed by atoms with van der Waals surface area (Å²) in [5.74, 6) is 0.0984. The molecule has 8 heteroatoms. The highest BCUT2D eigenvalue weighted by atomic mass is 19.1. The van der Waals surface area contributed by atoms with E-state index in [1.807, 2.05) is 6.92 Å². The third-order valence-electron chi connectivity index (χ3n) is 4.74. The van der Waals surface area contributed by atoms with E-state index in [9.17, 15) is 14.0 Å². The first-order valence-electron chi connectivity index (χ1n) is 9.90. The molecule has 0 saturated carbocycles. The highest BCUT2D eigenvalue weighted by Gasteiger charge is 2.22. The molecule has 1 unspecified atom stereocenters. The molecule has 2 aromatic carbocycles. The number of hydrogen-bond donors (Lipinski definition) is 1. The molecule has 31 heavy (non-hydrogen) atoms. The van der Waals surface area contributed by atoms with E-state index in [-0.39, 0.29) is 24.8 Å². The maximum atomic E-state index is 13.3. The van der Waals surface area contributed by atoms with Gasteiger partial charge in [-0.1, -0.05) is 12.1 Å². The van der Waals surface area contributed by atoms with E-state index in [4.69, 9.17) is 14.4 Å². The molecule has 0 heterocycles. The Labute approximate surface area is 181 Å². The number of rotatable bonds is 12. The Morgan fingerprint density at radius 1 is 1.06 bits per heavy atom. The van der Waals surface area contributed by atoms with Gasteiger partial charge in [0.25, 0.3) is 0 Å². The normalized spacial score (nSPS) is 11.6. The Morgan fingerprint density at radius 3 is 2.23 bits per heavy atom. The van der Waals surface area contributed by atoms with E-state index >= 15 is 0 Å². The first kappa shape index (κ1) is 24.3. The minimum Gasteiger partial charge on any atom is -0.496 e. The molecule has 0 fully saturated rings. The van der Waals surface area contributed by atoms with Gasteiger partial charge in [0.1, 0.15) is 23.9 Å². The van der Waals surface area contributed by atoms with Crippen LogP contribution in [0.5, 0.6) is 11.5 Å². The van der Waals surface area contributed by atoms with E-state index < -0.39 is 12.0 Å². The predicted octanol–water partition coefficient (Wildman–Crippen LogP) is 3.42. The lowest BCUT2D eigenvalue weighted by Crippen LogP contribution is -2.39. The number of ether oxygens (including phenoxy) is 2. The maximum absolute atomic E-state index is 13.3. The molecule has 0 aromatic heterocycles. The zero-order chi connectivity index (χ0) is 22.8. The Kier molecular flexibility index (Phi) is 9.42. The van der Waals surface area contributed by atoms with Gasteiger partial charge in [0.15, 0.2) is 5.78 Å². The predicted molar refractivity (Wildman–Crippen MR) is 113 cm³/mol. The smallest absolute Gasteiger partial charge is 0.339 e. The lowest BCUT2D eigenvalue weighted by Gasteiger charge is -2.19. The minimum atomic E-state index is -0.553. The number of aryl methyl sites for hydroxylation is 1. The number of nitrogens with one attached hydrogen (secondary N) is 1. The van der Waals surface area contributed by atoms with Crippen LogP contribution in [0.2, 0.25) is 0 Å². The second-order valence-corrected chi connectivity index (χ2v) is 6.94. The fourth-order valence-corrected chi connectivity index (χ4v) is 3.12. The van der Waals surface area contributed by atoms with E-state index in [0.29, 0.717) is 29.9 Å². The van der Waals surface area contributed by atoms with Crippen molar-refractivity contribution in [1.29, 1.82) is 0 Å². The van der Waals surface area contributed by atoms with Crippen molar-refractivity contribution in [3.05, 3.63) is 58.9 Å². The van der Waals surface area contributed by atoms with Gasteiger partial charge in [-0.3, -0.25) is 9.68 Å². The molecule has 2 aromatic rings. The Balaban J connectivity index is 2.16. The minimum absolute atomic E-state index is 0.0838. The molecule has 0 radical (unpaired) electrons. The third-order valence-corrected chi connectivity index (χ3v) is 4.74. The first-order chi connectivity index (χ1) is 14.8. The van der Waals surface area contributed by atoms with Crippen LogP contribution in [0.4, 0.5) is 4.39 Å². The number of carbonyl (C=O) groups excluding carboxylic acids is 2. The summed E-state index contributed by atoms with van der Waals surface area (Å²) in [5, 5.41) is 3.14. The zero-order valence-electron chi connectivity index (χ0n) is 18.2. The molecule has 0 aliphatic rings. The maximum Gasteiger partial charge on any atom is 0.339 e. The standard InChI is InChI=1S/C23H28FNO6/c1-15-21(28-3)13-18(14-22(15)29-4)23(27)20(25-11-12-30-31-16(2)26)10-7-17-5-8-19(24)9-6-17/h5-6,8-9,13-14,20,25H,7,10-12H2,1-4H3. The molecule has 1 N–H and O–H groups in total. The molecule has 2 rings (SSSR count). The lowest BCUT2D eigenvalue weighted by molar-refractivity contribution is -0.269. The van der Waals surface area contributed by atoms with Crippen molar-refractivity contribution >= 4 is 11.8 Å². The molecule has 1 atom stereocenters. The highest BCUT2D eigenvalue weighted by Crippen LogP contribution is 2.30. The molecule has 168 valence electrons. The summed E-state index contributed by atoms with van der Waals surface area (Å²) in [6.07, 6.45) is 1.03. The zero-order valence-corrected chi connectivity index (χ0v) is 18.2. The van der Waals surface area contributed by atoms with Gasteiger partial charge in [0.2, 0.25) is 0 Å². The van der Waals surface area contributed by atoms with Crippen LogP contribution in [-0.4, -0.2) is 45.2 Å². The van der Waals surface area contributed by atoms with Crippen LogP contribution >= 0.6 is 0 Å². The van der Waals surface area contributed by atoms with Gasteiger partial charge in [-0.05, 0) is 49.6 Å². The van der Waals surface area contributed by atoms with Crippen LogP contribution in [-0.2, 0) is 21.0 Å². The van der Waals surface area contributed by atoms with Crippen molar-refractivity contribution in [3.63, 3.8) is 0 Å². The summed E-state index contributed by atoms with van der Waals surface area (Å²) < 4.78 is 23.9. The molecule has 0 bridgehead atoms. The molecule has 0 saturated heterocycles. The van der Waals surface area contributed by atoms with Crippen molar-refractivity contribution in [1.82, 2.24) is 5.32 Å². The second-order valence-electron chi connectivity index (χ2n) is 6.94.